The number of carbonyl (C=O) groups excluding carboxylic acids is 2. The van der Waals surface area contributed by atoms with Crippen molar-refractivity contribution in [3.8, 4) is 0 Å². The standard InChI is InChI=1S/C18H25N3O5/c1-19(2)16(24)21-11-9-18(10-12-21,15(22)23)20(3)17(25)26-13-14-7-5-4-6-8-14/h4-8H,9-13H2,1-3H3,(H,22,23). The number of likely N-dealkylation sites (N-methyl/N-ethyl adjacent to an activating group) is 1. The quantitative estimate of drug-likeness (QED) is 0.882. The number of hydrogen-bond donors (Lipinski definition) is 1. The van der Waals surface area contributed by atoms with Crippen LogP contribution in [0.5, 0.6) is 0 Å². The number of benzene rings is 1. The fourth-order valence-electron chi connectivity index (χ4n) is 3.03. The Hall–Kier alpha value is -2.77. The molecule has 1 fully saturated rings. The number of carboxylic acids is 1. The Labute approximate surface area is 152 Å². The van der Waals surface area contributed by atoms with Crippen molar-refractivity contribution in [2.45, 2.75) is 25.0 Å². The molecule has 0 atom stereocenters. The summed E-state index contributed by atoms with van der Waals surface area (Å²) in [5.41, 5.74) is -0.554. The average Bonchev–Trinajstić information content (AvgIpc) is 2.65. The van der Waals surface area contributed by atoms with E-state index in [1.54, 1.807) is 19.0 Å². The zero-order chi connectivity index (χ0) is 19.3. The van der Waals surface area contributed by atoms with Crippen LogP contribution in [0.1, 0.15) is 18.4 Å². The fraction of sp³-hybridized carbons (Fsp3) is 0.500. The van der Waals surface area contributed by atoms with Crippen LogP contribution >= 0.6 is 0 Å². The Morgan fingerprint density at radius 2 is 1.69 bits per heavy atom. The predicted molar refractivity (Wildman–Crippen MR) is 94.6 cm³/mol. The molecule has 0 unspecified atom stereocenters. The minimum Gasteiger partial charge on any atom is -0.479 e. The van der Waals surface area contributed by atoms with E-state index in [0.717, 1.165) is 10.5 Å². The maximum atomic E-state index is 12.4. The highest BCUT2D eigenvalue weighted by atomic mass is 16.6. The number of amides is 3. The highest BCUT2D eigenvalue weighted by molar-refractivity contribution is 5.85. The number of carboxylic acid groups (broad SMARTS) is 1. The number of piperidine rings is 1. The molecule has 2 rings (SSSR count). The summed E-state index contributed by atoms with van der Waals surface area (Å²) in [5, 5.41) is 9.76. The van der Waals surface area contributed by atoms with Crippen molar-refractivity contribution in [3.05, 3.63) is 35.9 Å². The van der Waals surface area contributed by atoms with Gasteiger partial charge in [-0.3, -0.25) is 4.90 Å². The smallest absolute Gasteiger partial charge is 0.410 e. The number of nitrogens with zero attached hydrogens (tertiary/aromatic N) is 3. The first-order valence-electron chi connectivity index (χ1n) is 8.42. The van der Waals surface area contributed by atoms with Crippen molar-refractivity contribution in [3.63, 3.8) is 0 Å². The lowest BCUT2D eigenvalue weighted by atomic mass is 9.86. The Bertz CT molecular complexity index is 654. The second-order valence-electron chi connectivity index (χ2n) is 6.60. The minimum absolute atomic E-state index is 0.0744. The summed E-state index contributed by atoms with van der Waals surface area (Å²) in [6.45, 7) is 0.601. The summed E-state index contributed by atoms with van der Waals surface area (Å²) in [5.74, 6) is -1.09. The molecule has 0 spiro atoms. The molecular formula is C18H25N3O5. The second kappa shape index (κ2) is 8.07. The van der Waals surface area contributed by atoms with Crippen LogP contribution in [0.3, 0.4) is 0 Å². The zero-order valence-corrected chi connectivity index (χ0v) is 15.3. The van der Waals surface area contributed by atoms with Gasteiger partial charge in [0.05, 0.1) is 0 Å². The van der Waals surface area contributed by atoms with E-state index in [1.807, 2.05) is 30.3 Å². The van der Waals surface area contributed by atoms with Crippen LogP contribution in [0.25, 0.3) is 0 Å². The van der Waals surface area contributed by atoms with Gasteiger partial charge in [-0.1, -0.05) is 30.3 Å². The van der Waals surface area contributed by atoms with Crippen molar-refractivity contribution in [2.24, 2.45) is 0 Å². The molecule has 0 radical (unpaired) electrons. The number of carbonyl (C=O) groups is 3. The molecule has 1 N–H and O–H groups in total. The van der Waals surface area contributed by atoms with Gasteiger partial charge in [-0.05, 0) is 18.4 Å². The molecule has 1 aromatic carbocycles. The third-order valence-electron chi connectivity index (χ3n) is 4.76. The number of urea groups is 1. The Balaban J connectivity index is 2.03. The van der Waals surface area contributed by atoms with Gasteiger partial charge in [0.15, 0.2) is 0 Å². The first kappa shape index (κ1) is 19.6. The number of ether oxygens (including phenoxy) is 1. The Morgan fingerprint density at radius 1 is 1.12 bits per heavy atom. The van der Waals surface area contributed by atoms with Crippen LogP contribution in [-0.2, 0) is 16.1 Å². The van der Waals surface area contributed by atoms with E-state index in [1.165, 1.54) is 11.9 Å². The number of hydrogen-bond acceptors (Lipinski definition) is 4. The molecule has 1 aliphatic rings. The van der Waals surface area contributed by atoms with Crippen molar-refractivity contribution in [1.82, 2.24) is 14.7 Å². The van der Waals surface area contributed by atoms with E-state index < -0.39 is 17.6 Å². The van der Waals surface area contributed by atoms with Gasteiger partial charge < -0.3 is 19.6 Å². The van der Waals surface area contributed by atoms with E-state index in [-0.39, 0.29) is 38.6 Å². The molecule has 1 saturated heterocycles. The SMILES string of the molecule is CN(C)C(=O)N1CCC(C(=O)O)(N(C)C(=O)OCc2ccccc2)CC1. The van der Waals surface area contributed by atoms with Crippen LogP contribution in [0.15, 0.2) is 30.3 Å². The van der Waals surface area contributed by atoms with Crippen LogP contribution in [0, 0.1) is 0 Å². The van der Waals surface area contributed by atoms with Crippen LogP contribution < -0.4 is 0 Å². The summed E-state index contributed by atoms with van der Waals surface area (Å²) < 4.78 is 5.27. The van der Waals surface area contributed by atoms with Gasteiger partial charge >= 0.3 is 18.1 Å². The Morgan fingerprint density at radius 3 is 2.19 bits per heavy atom. The molecule has 0 aromatic heterocycles. The molecule has 3 amide bonds. The zero-order valence-electron chi connectivity index (χ0n) is 15.3. The van der Waals surface area contributed by atoms with Crippen molar-refractivity contribution < 1.29 is 24.2 Å². The summed E-state index contributed by atoms with van der Waals surface area (Å²) in [6.07, 6.45) is -0.388. The Kier molecular flexibility index (Phi) is 6.07. The predicted octanol–water partition coefficient (Wildman–Crippen LogP) is 1.86. The van der Waals surface area contributed by atoms with Gasteiger partial charge in [0.2, 0.25) is 0 Å². The van der Waals surface area contributed by atoms with Crippen molar-refractivity contribution in [2.75, 3.05) is 34.2 Å². The van der Waals surface area contributed by atoms with Gasteiger partial charge in [0.25, 0.3) is 0 Å². The lowest BCUT2D eigenvalue weighted by molar-refractivity contribution is -0.152. The number of rotatable bonds is 4. The van der Waals surface area contributed by atoms with Gasteiger partial charge in [-0.15, -0.1) is 0 Å². The normalized spacial score (nSPS) is 15.9. The third-order valence-corrected chi connectivity index (χ3v) is 4.76. The molecule has 8 nitrogen and oxygen atoms in total. The molecule has 0 saturated carbocycles. The van der Waals surface area contributed by atoms with Gasteiger partial charge in [0.1, 0.15) is 12.1 Å². The highest BCUT2D eigenvalue weighted by Gasteiger charge is 2.48. The van der Waals surface area contributed by atoms with E-state index in [0.29, 0.717) is 0 Å². The van der Waals surface area contributed by atoms with Crippen molar-refractivity contribution in [1.29, 1.82) is 0 Å². The maximum Gasteiger partial charge on any atom is 0.410 e. The summed E-state index contributed by atoms with van der Waals surface area (Å²) in [7, 11) is 4.73. The van der Waals surface area contributed by atoms with Gasteiger partial charge in [-0.25, -0.2) is 14.4 Å². The minimum atomic E-state index is -1.38. The average molecular weight is 363 g/mol. The molecule has 0 bridgehead atoms. The van der Waals surface area contributed by atoms with Gasteiger partial charge in [-0.2, -0.15) is 0 Å². The molecule has 1 aliphatic heterocycles. The molecule has 1 aromatic rings. The monoisotopic (exact) mass is 363 g/mol. The topological polar surface area (TPSA) is 90.4 Å². The fourth-order valence-corrected chi connectivity index (χ4v) is 3.03. The van der Waals surface area contributed by atoms with Gasteiger partial charge in [0, 0.05) is 34.2 Å². The first-order valence-corrected chi connectivity index (χ1v) is 8.42. The summed E-state index contributed by atoms with van der Waals surface area (Å²) in [6, 6.07) is 9.02. The molecule has 1 heterocycles. The second-order valence-corrected chi connectivity index (χ2v) is 6.60. The molecule has 8 heteroatoms. The summed E-state index contributed by atoms with van der Waals surface area (Å²) in [4.78, 5) is 40.6. The number of likely N-dealkylation sites (tertiary alicyclic amines) is 1. The van der Waals surface area contributed by atoms with Crippen molar-refractivity contribution >= 4 is 18.1 Å². The van der Waals surface area contributed by atoms with Crippen LogP contribution in [-0.4, -0.2) is 77.7 Å². The van der Waals surface area contributed by atoms with E-state index in [4.69, 9.17) is 4.74 Å². The number of aliphatic carboxylic acids is 1. The van der Waals surface area contributed by atoms with Crippen LogP contribution in [0.2, 0.25) is 0 Å². The lowest BCUT2D eigenvalue weighted by Crippen LogP contribution is -2.61. The van der Waals surface area contributed by atoms with E-state index in [2.05, 4.69) is 0 Å². The maximum absolute atomic E-state index is 12.4. The molecule has 142 valence electrons. The largest absolute Gasteiger partial charge is 0.479 e. The highest BCUT2D eigenvalue weighted by Crippen LogP contribution is 2.29. The third kappa shape index (κ3) is 4.07. The summed E-state index contributed by atoms with van der Waals surface area (Å²) >= 11 is 0. The lowest BCUT2D eigenvalue weighted by Gasteiger charge is -2.43. The molecule has 26 heavy (non-hydrogen) atoms. The molecule has 0 aliphatic carbocycles. The van der Waals surface area contributed by atoms with Crippen LogP contribution in [0.4, 0.5) is 9.59 Å². The first-order chi connectivity index (χ1) is 12.3. The van der Waals surface area contributed by atoms with E-state index >= 15 is 0 Å². The van der Waals surface area contributed by atoms with E-state index in [9.17, 15) is 19.5 Å². The molecular weight excluding hydrogens is 338 g/mol.